The van der Waals surface area contributed by atoms with Crippen molar-refractivity contribution in [2.24, 2.45) is 0 Å². The maximum atomic E-state index is 12.2. The van der Waals surface area contributed by atoms with Gasteiger partial charge in [-0.1, -0.05) is 0 Å². The molecule has 1 saturated heterocycles. The lowest BCUT2D eigenvalue weighted by molar-refractivity contribution is 0.00557. The van der Waals surface area contributed by atoms with Crippen molar-refractivity contribution >= 4 is 17.5 Å². The highest BCUT2D eigenvalue weighted by Gasteiger charge is 2.23. The Balaban J connectivity index is 2.30. The molecule has 0 spiro atoms. The summed E-state index contributed by atoms with van der Waals surface area (Å²) in [6.07, 6.45) is 1.67. The van der Waals surface area contributed by atoms with E-state index in [1.165, 1.54) is 0 Å². The predicted octanol–water partition coefficient (Wildman–Crippen LogP) is 1.66. The topological polar surface area (TPSA) is 79.4 Å². The molecule has 0 amide bonds. The van der Waals surface area contributed by atoms with Crippen LogP contribution in [0.4, 0.5) is 11.5 Å². The number of nitrogens with zero attached hydrogens (tertiary/aromatic N) is 3. The fourth-order valence-electron chi connectivity index (χ4n) is 2.33. The lowest BCUT2D eigenvalue weighted by Crippen LogP contribution is -2.44. The first-order valence-electron chi connectivity index (χ1n) is 8.09. The van der Waals surface area contributed by atoms with Crippen molar-refractivity contribution in [2.75, 3.05) is 36.4 Å². The van der Waals surface area contributed by atoms with Gasteiger partial charge in [0.2, 0.25) is 5.82 Å². The Hall–Kier alpha value is -1.89. The van der Waals surface area contributed by atoms with E-state index in [2.05, 4.69) is 39.3 Å². The molecule has 0 aliphatic carbocycles. The number of piperazine rings is 1. The van der Waals surface area contributed by atoms with E-state index in [-0.39, 0.29) is 11.9 Å². The van der Waals surface area contributed by atoms with Crippen molar-refractivity contribution in [1.82, 2.24) is 15.3 Å². The Bertz CT molecular complexity index is 548. The Morgan fingerprint density at radius 2 is 2.00 bits per heavy atom. The van der Waals surface area contributed by atoms with Crippen LogP contribution >= 0.6 is 0 Å². The summed E-state index contributed by atoms with van der Waals surface area (Å²) in [5.41, 5.74) is 0.277. The monoisotopic (exact) mass is 321 g/mol. The van der Waals surface area contributed by atoms with Crippen molar-refractivity contribution < 1.29 is 9.53 Å². The van der Waals surface area contributed by atoms with Crippen LogP contribution in [0.3, 0.4) is 0 Å². The summed E-state index contributed by atoms with van der Waals surface area (Å²) in [6, 6.07) is 0.257. The summed E-state index contributed by atoms with van der Waals surface area (Å²) in [4.78, 5) is 23.1. The zero-order valence-electron chi connectivity index (χ0n) is 14.6. The number of hydrogen-bond acceptors (Lipinski definition) is 7. The smallest absolute Gasteiger partial charge is 0.376 e. The first-order chi connectivity index (χ1) is 10.8. The minimum Gasteiger partial charge on any atom is -0.454 e. The van der Waals surface area contributed by atoms with E-state index in [9.17, 15) is 4.79 Å². The number of hydrogen-bond donors (Lipinski definition) is 2. The van der Waals surface area contributed by atoms with Crippen LogP contribution in [0.2, 0.25) is 0 Å². The van der Waals surface area contributed by atoms with Gasteiger partial charge >= 0.3 is 5.97 Å². The SMILES string of the molecule is CC(C)Nc1cnc(C(=O)OC(C)(C)C)nc1N1CCNCC1. The van der Waals surface area contributed by atoms with Gasteiger partial charge in [0.1, 0.15) is 5.60 Å². The highest BCUT2D eigenvalue weighted by molar-refractivity contribution is 5.86. The van der Waals surface area contributed by atoms with E-state index in [0.29, 0.717) is 0 Å². The zero-order valence-corrected chi connectivity index (χ0v) is 14.6. The van der Waals surface area contributed by atoms with E-state index in [4.69, 9.17) is 4.74 Å². The van der Waals surface area contributed by atoms with E-state index >= 15 is 0 Å². The number of nitrogens with one attached hydrogen (secondary N) is 2. The Morgan fingerprint density at radius 1 is 1.35 bits per heavy atom. The second-order valence-corrected chi connectivity index (χ2v) is 6.97. The number of carbonyl (C=O) groups excluding carboxylic acids is 1. The van der Waals surface area contributed by atoms with Gasteiger partial charge in [0.15, 0.2) is 5.82 Å². The number of rotatable bonds is 4. The molecule has 0 bridgehead atoms. The fraction of sp³-hybridized carbons (Fsp3) is 0.688. The molecule has 1 aromatic heterocycles. The summed E-state index contributed by atoms with van der Waals surface area (Å²) in [5, 5.41) is 6.66. The molecule has 7 nitrogen and oxygen atoms in total. The van der Waals surface area contributed by atoms with Crippen molar-refractivity contribution in [3.63, 3.8) is 0 Å². The molecule has 2 N–H and O–H groups in total. The molecule has 1 fully saturated rings. The van der Waals surface area contributed by atoms with Crippen molar-refractivity contribution in [1.29, 1.82) is 0 Å². The minimum absolute atomic E-state index is 0.0998. The highest BCUT2D eigenvalue weighted by atomic mass is 16.6. The molecule has 0 aromatic carbocycles. The van der Waals surface area contributed by atoms with E-state index in [1.807, 2.05) is 20.8 Å². The van der Waals surface area contributed by atoms with Crippen molar-refractivity contribution in [3.8, 4) is 0 Å². The van der Waals surface area contributed by atoms with Gasteiger partial charge < -0.3 is 20.3 Å². The Morgan fingerprint density at radius 3 is 2.57 bits per heavy atom. The number of aromatic nitrogens is 2. The van der Waals surface area contributed by atoms with Crippen LogP contribution in [0.15, 0.2) is 6.20 Å². The number of esters is 1. The van der Waals surface area contributed by atoms with Gasteiger partial charge in [0.25, 0.3) is 0 Å². The molecule has 128 valence electrons. The summed E-state index contributed by atoms with van der Waals surface area (Å²) in [5.74, 6) is 0.365. The second kappa shape index (κ2) is 7.12. The van der Waals surface area contributed by atoms with Crippen LogP contribution in [-0.4, -0.2) is 53.8 Å². The van der Waals surface area contributed by atoms with Gasteiger partial charge in [-0.25, -0.2) is 14.8 Å². The standard InChI is InChI=1S/C16H27N5O2/c1-11(2)19-12-10-18-13(15(22)23-16(3,4)5)20-14(12)21-8-6-17-7-9-21/h10-11,17,19H,6-9H2,1-5H3. The van der Waals surface area contributed by atoms with E-state index < -0.39 is 11.6 Å². The van der Waals surface area contributed by atoms with Gasteiger partial charge in [-0.2, -0.15) is 0 Å². The van der Waals surface area contributed by atoms with E-state index in [1.54, 1.807) is 6.20 Å². The summed E-state index contributed by atoms with van der Waals surface area (Å²) in [7, 11) is 0. The lowest BCUT2D eigenvalue weighted by Gasteiger charge is -2.30. The molecule has 2 heterocycles. The molecule has 7 heteroatoms. The quantitative estimate of drug-likeness (QED) is 0.816. The number of ether oxygens (including phenoxy) is 1. The molecule has 0 radical (unpaired) electrons. The molecule has 0 atom stereocenters. The molecular formula is C16H27N5O2. The minimum atomic E-state index is -0.565. The van der Waals surface area contributed by atoms with Gasteiger partial charge in [-0.15, -0.1) is 0 Å². The second-order valence-electron chi connectivity index (χ2n) is 6.97. The molecule has 1 aromatic rings. The number of carbonyl (C=O) groups is 1. The van der Waals surface area contributed by atoms with Gasteiger partial charge in [0, 0.05) is 32.2 Å². The third-order valence-corrected chi connectivity index (χ3v) is 3.21. The molecule has 23 heavy (non-hydrogen) atoms. The third kappa shape index (κ3) is 5.06. The summed E-state index contributed by atoms with van der Waals surface area (Å²) >= 11 is 0. The molecule has 2 rings (SSSR count). The van der Waals surface area contributed by atoms with Crippen LogP contribution in [0.1, 0.15) is 45.2 Å². The Kier molecular flexibility index (Phi) is 5.41. The number of anilines is 2. The molecule has 1 aliphatic heterocycles. The van der Waals surface area contributed by atoms with Crippen LogP contribution in [0.25, 0.3) is 0 Å². The van der Waals surface area contributed by atoms with Gasteiger partial charge in [0.05, 0.1) is 11.9 Å². The highest BCUT2D eigenvalue weighted by Crippen LogP contribution is 2.24. The van der Waals surface area contributed by atoms with Crippen LogP contribution in [0, 0.1) is 0 Å². The third-order valence-electron chi connectivity index (χ3n) is 3.21. The first kappa shape index (κ1) is 17.5. The van der Waals surface area contributed by atoms with Crippen molar-refractivity contribution in [2.45, 2.75) is 46.3 Å². The fourth-order valence-corrected chi connectivity index (χ4v) is 2.33. The van der Waals surface area contributed by atoms with Crippen molar-refractivity contribution in [3.05, 3.63) is 12.0 Å². The molecule has 1 aliphatic rings. The summed E-state index contributed by atoms with van der Waals surface area (Å²) < 4.78 is 5.37. The maximum absolute atomic E-state index is 12.2. The Labute approximate surface area is 137 Å². The zero-order chi connectivity index (χ0) is 17.0. The first-order valence-corrected chi connectivity index (χ1v) is 8.09. The molecular weight excluding hydrogens is 294 g/mol. The normalized spacial score (nSPS) is 15.7. The van der Waals surface area contributed by atoms with Crippen LogP contribution in [-0.2, 0) is 4.74 Å². The van der Waals surface area contributed by atoms with Gasteiger partial charge in [-0.3, -0.25) is 0 Å². The predicted molar refractivity (Wildman–Crippen MR) is 91.0 cm³/mol. The average Bonchev–Trinajstić information content (AvgIpc) is 2.46. The molecule has 0 unspecified atom stereocenters. The summed E-state index contributed by atoms with van der Waals surface area (Å²) in [6.45, 7) is 13.1. The largest absolute Gasteiger partial charge is 0.454 e. The van der Waals surface area contributed by atoms with Crippen LogP contribution < -0.4 is 15.5 Å². The van der Waals surface area contributed by atoms with E-state index in [0.717, 1.165) is 37.7 Å². The van der Waals surface area contributed by atoms with Crippen LogP contribution in [0.5, 0.6) is 0 Å². The maximum Gasteiger partial charge on any atom is 0.376 e. The molecule has 0 saturated carbocycles. The lowest BCUT2D eigenvalue weighted by atomic mass is 10.2. The van der Waals surface area contributed by atoms with Gasteiger partial charge in [-0.05, 0) is 34.6 Å². The average molecular weight is 321 g/mol.